The SMILES string of the molecule is NC/C=C/c1cc(Br)ccc1Cl. The summed E-state index contributed by atoms with van der Waals surface area (Å²) in [6.07, 6.45) is 3.78. The van der Waals surface area contributed by atoms with Gasteiger partial charge in [0.1, 0.15) is 0 Å². The Labute approximate surface area is 85.3 Å². The van der Waals surface area contributed by atoms with E-state index in [1.54, 1.807) is 0 Å². The summed E-state index contributed by atoms with van der Waals surface area (Å²) in [7, 11) is 0. The van der Waals surface area contributed by atoms with Crippen LogP contribution in [0.4, 0.5) is 0 Å². The van der Waals surface area contributed by atoms with Crippen molar-refractivity contribution in [1.29, 1.82) is 0 Å². The van der Waals surface area contributed by atoms with E-state index in [0.717, 1.165) is 15.1 Å². The van der Waals surface area contributed by atoms with Gasteiger partial charge >= 0.3 is 0 Å². The van der Waals surface area contributed by atoms with Crippen molar-refractivity contribution >= 4 is 33.6 Å². The molecule has 0 spiro atoms. The molecule has 0 aliphatic heterocycles. The lowest BCUT2D eigenvalue weighted by Gasteiger charge is -1.97. The van der Waals surface area contributed by atoms with Crippen molar-refractivity contribution in [2.75, 3.05) is 6.54 Å². The van der Waals surface area contributed by atoms with Gasteiger partial charge in [0.2, 0.25) is 0 Å². The quantitative estimate of drug-likeness (QED) is 0.853. The Morgan fingerprint density at radius 1 is 1.50 bits per heavy atom. The first-order valence-corrected chi connectivity index (χ1v) is 4.73. The fourth-order valence-electron chi connectivity index (χ4n) is 0.837. The Morgan fingerprint density at radius 2 is 2.25 bits per heavy atom. The van der Waals surface area contributed by atoms with E-state index in [4.69, 9.17) is 17.3 Å². The molecular formula is C9H9BrClN. The molecule has 0 bridgehead atoms. The molecule has 1 aromatic rings. The second-order valence-corrected chi connectivity index (χ2v) is 3.63. The molecular weight excluding hydrogens is 237 g/mol. The van der Waals surface area contributed by atoms with Crippen molar-refractivity contribution in [2.24, 2.45) is 5.73 Å². The molecule has 0 saturated carbocycles. The van der Waals surface area contributed by atoms with Gasteiger partial charge in [-0.2, -0.15) is 0 Å². The van der Waals surface area contributed by atoms with Crippen LogP contribution in [-0.2, 0) is 0 Å². The van der Waals surface area contributed by atoms with E-state index in [-0.39, 0.29) is 0 Å². The molecule has 1 aromatic carbocycles. The number of nitrogens with two attached hydrogens (primary N) is 1. The fraction of sp³-hybridized carbons (Fsp3) is 0.111. The largest absolute Gasteiger partial charge is 0.327 e. The van der Waals surface area contributed by atoms with E-state index in [9.17, 15) is 0 Å². The van der Waals surface area contributed by atoms with Crippen LogP contribution in [0, 0.1) is 0 Å². The van der Waals surface area contributed by atoms with E-state index in [2.05, 4.69) is 15.9 Å². The third-order valence-corrected chi connectivity index (χ3v) is 2.23. The van der Waals surface area contributed by atoms with Crippen molar-refractivity contribution in [3.8, 4) is 0 Å². The predicted octanol–water partition coefficient (Wildman–Crippen LogP) is 3.07. The third kappa shape index (κ3) is 2.63. The molecule has 64 valence electrons. The minimum Gasteiger partial charge on any atom is -0.327 e. The molecule has 0 saturated heterocycles. The Morgan fingerprint density at radius 3 is 2.92 bits per heavy atom. The second-order valence-electron chi connectivity index (χ2n) is 2.30. The Hall–Kier alpha value is -0.310. The lowest BCUT2D eigenvalue weighted by atomic mass is 10.2. The highest BCUT2D eigenvalue weighted by atomic mass is 79.9. The van der Waals surface area contributed by atoms with E-state index in [0.29, 0.717) is 6.54 Å². The molecule has 0 fully saturated rings. The van der Waals surface area contributed by atoms with Crippen LogP contribution in [-0.4, -0.2) is 6.54 Å². The van der Waals surface area contributed by atoms with Gasteiger partial charge in [-0.3, -0.25) is 0 Å². The molecule has 0 unspecified atom stereocenters. The first-order valence-electron chi connectivity index (χ1n) is 3.55. The van der Waals surface area contributed by atoms with Crippen LogP contribution in [0.1, 0.15) is 5.56 Å². The number of halogens is 2. The van der Waals surface area contributed by atoms with Crippen LogP contribution in [0.5, 0.6) is 0 Å². The molecule has 0 aromatic heterocycles. The fourth-order valence-corrected chi connectivity index (χ4v) is 1.40. The summed E-state index contributed by atoms with van der Waals surface area (Å²) in [5.41, 5.74) is 6.31. The summed E-state index contributed by atoms with van der Waals surface area (Å²) >= 11 is 9.28. The van der Waals surface area contributed by atoms with Gasteiger partial charge in [0.15, 0.2) is 0 Å². The molecule has 1 rings (SSSR count). The van der Waals surface area contributed by atoms with Gasteiger partial charge in [-0.25, -0.2) is 0 Å². The zero-order valence-corrected chi connectivity index (χ0v) is 8.77. The van der Waals surface area contributed by atoms with E-state index in [1.165, 1.54) is 0 Å². The molecule has 2 N–H and O–H groups in total. The van der Waals surface area contributed by atoms with E-state index < -0.39 is 0 Å². The Balaban J connectivity index is 2.97. The smallest absolute Gasteiger partial charge is 0.0479 e. The van der Waals surface area contributed by atoms with Crippen LogP contribution >= 0.6 is 27.5 Å². The van der Waals surface area contributed by atoms with Crippen LogP contribution in [0.25, 0.3) is 6.08 Å². The summed E-state index contributed by atoms with van der Waals surface area (Å²) in [5.74, 6) is 0. The van der Waals surface area contributed by atoms with Gasteiger partial charge in [0.25, 0.3) is 0 Å². The lowest BCUT2D eigenvalue weighted by Crippen LogP contribution is -1.92. The van der Waals surface area contributed by atoms with Gasteiger partial charge in [-0.05, 0) is 23.8 Å². The maximum atomic E-state index is 5.92. The zero-order chi connectivity index (χ0) is 8.97. The maximum absolute atomic E-state index is 5.92. The summed E-state index contributed by atoms with van der Waals surface area (Å²) in [6, 6.07) is 5.71. The number of hydrogen-bond donors (Lipinski definition) is 1. The molecule has 0 aliphatic carbocycles. The third-order valence-electron chi connectivity index (χ3n) is 1.39. The minimum atomic E-state index is 0.531. The molecule has 12 heavy (non-hydrogen) atoms. The second kappa shape index (κ2) is 4.65. The van der Waals surface area contributed by atoms with Crippen molar-refractivity contribution < 1.29 is 0 Å². The predicted molar refractivity (Wildman–Crippen MR) is 57.2 cm³/mol. The normalized spacial score (nSPS) is 10.9. The Bertz CT molecular complexity index is 297. The number of hydrogen-bond acceptors (Lipinski definition) is 1. The standard InChI is InChI=1S/C9H9BrClN/c10-8-3-4-9(11)7(6-8)2-1-5-12/h1-4,6H,5,12H2/b2-1+. The molecule has 0 heterocycles. The monoisotopic (exact) mass is 245 g/mol. The van der Waals surface area contributed by atoms with Crippen LogP contribution in [0.2, 0.25) is 5.02 Å². The van der Waals surface area contributed by atoms with Gasteiger partial charge in [0, 0.05) is 16.0 Å². The topological polar surface area (TPSA) is 26.0 Å². The van der Waals surface area contributed by atoms with Crippen molar-refractivity contribution in [1.82, 2.24) is 0 Å². The van der Waals surface area contributed by atoms with Gasteiger partial charge in [-0.1, -0.05) is 39.7 Å². The average Bonchev–Trinajstić information content (AvgIpc) is 2.07. The molecule has 0 atom stereocenters. The van der Waals surface area contributed by atoms with Crippen molar-refractivity contribution in [3.63, 3.8) is 0 Å². The molecule has 3 heteroatoms. The molecule has 1 nitrogen and oxygen atoms in total. The van der Waals surface area contributed by atoms with Gasteiger partial charge < -0.3 is 5.73 Å². The summed E-state index contributed by atoms with van der Waals surface area (Å²) in [5, 5.41) is 0.739. The lowest BCUT2D eigenvalue weighted by molar-refractivity contribution is 1.26. The summed E-state index contributed by atoms with van der Waals surface area (Å²) in [4.78, 5) is 0. The van der Waals surface area contributed by atoms with Crippen molar-refractivity contribution in [3.05, 3.63) is 39.3 Å². The van der Waals surface area contributed by atoms with Crippen LogP contribution in [0.3, 0.4) is 0 Å². The minimum absolute atomic E-state index is 0.531. The van der Waals surface area contributed by atoms with Gasteiger partial charge in [0.05, 0.1) is 0 Å². The molecule has 0 amide bonds. The first kappa shape index (κ1) is 9.78. The van der Waals surface area contributed by atoms with E-state index >= 15 is 0 Å². The van der Waals surface area contributed by atoms with E-state index in [1.807, 2.05) is 30.4 Å². The van der Waals surface area contributed by atoms with Crippen molar-refractivity contribution in [2.45, 2.75) is 0 Å². The first-order chi connectivity index (χ1) is 5.74. The van der Waals surface area contributed by atoms with Crippen LogP contribution in [0.15, 0.2) is 28.7 Å². The van der Waals surface area contributed by atoms with Gasteiger partial charge in [-0.15, -0.1) is 0 Å². The zero-order valence-electron chi connectivity index (χ0n) is 6.43. The summed E-state index contributed by atoms with van der Waals surface area (Å²) in [6.45, 7) is 0.531. The highest BCUT2D eigenvalue weighted by molar-refractivity contribution is 9.10. The highest BCUT2D eigenvalue weighted by Gasteiger charge is 1.95. The van der Waals surface area contributed by atoms with Crippen LogP contribution < -0.4 is 5.73 Å². The summed E-state index contributed by atoms with van der Waals surface area (Å²) < 4.78 is 1.02. The number of rotatable bonds is 2. The molecule has 0 radical (unpaired) electrons. The maximum Gasteiger partial charge on any atom is 0.0479 e. The number of benzene rings is 1. The molecule has 0 aliphatic rings. The Kier molecular flexibility index (Phi) is 3.79. The average molecular weight is 247 g/mol. The highest BCUT2D eigenvalue weighted by Crippen LogP contribution is 2.21.